The van der Waals surface area contributed by atoms with Crippen LogP contribution < -0.4 is 5.56 Å². The highest BCUT2D eigenvalue weighted by molar-refractivity contribution is 5.78. The summed E-state index contributed by atoms with van der Waals surface area (Å²) in [6.45, 7) is 1.57. The Balaban J connectivity index is 2.88. The normalized spacial score (nSPS) is 10.1. The van der Waals surface area contributed by atoms with E-state index in [9.17, 15) is 19.3 Å². The van der Waals surface area contributed by atoms with E-state index in [1.165, 1.54) is 6.07 Å². The minimum Gasteiger partial charge on any atom is -0.325 e. The van der Waals surface area contributed by atoms with Gasteiger partial charge in [-0.05, 0) is 25.1 Å². The topological polar surface area (TPSA) is 99.8 Å². The van der Waals surface area contributed by atoms with Gasteiger partial charge in [0, 0.05) is 17.3 Å². The lowest BCUT2D eigenvalue weighted by molar-refractivity contribution is -0.384. The van der Waals surface area contributed by atoms with Gasteiger partial charge in [0.25, 0.3) is 11.2 Å². The Morgan fingerprint density at radius 1 is 1.35 bits per heavy atom. The maximum atomic E-state index is 13.3. The van der Waals surface area contributed by atoms with Crippen molar-refractivity contribution in [3.05, 3.63) is 61.8 Å². The lowest BCUT2D eigenvalue weighted by Gasteiger charge is -2.06. The average molecular weight is 273 g/mol. The number of nitro groups is 1. The number of halogens is 1. The van der Waals surface area contributed by atoms with Crippen molar-refractivity contribution in [1.29, 1.82) is 5.26 Å². The summed E-state index contributed by atoms with van der Waals surface area (Å²) < 4.78 is 13.3. The van der Waals surface area contributed by atoms with Gasteiger partial charge in [-0.25, -0.2) is 4.39 Å². The second-order valence-electron chi connectivity index (χ2n) is 4.10. The number of aryl methyl sites for hydroxylation is 1. The number of pyridine rings is 1. The Kier molecular flexibility index (Phi) is 3.31. The van der Waals surface area contributed by atoms with Gasteiger partial charge >= 0.3 is 0 Å². The summed E-state index contributed by atoms with van der Waals surface area (Å²) in [5.74, 6) is -0.688. The molecule has 20 heavy (non-hydrogen) atoms. The molecule has 1 heterocycles. The second kappa shape index (κ2) is 4.93. The zero-order chi connectivity index (χ0) is 14.9. The van der Waals surface area contributed by atoms with Crippen molar-refractivity contribution in [3.8, 4) is 17.2 Å². The Morgan fingerprint density at radius 3 is 2.65 bits per heavy atom. The maximum Gasteiger partial charge on any atom is 0.277 e. The first-order valence-corrected chi connectivity index (χ1v) is 5.52. The summed E-state index contributed by atoms with van der Waals surface area (Å²) in [7, 11) is 0. The summed E-state index contributed by atoms with van der Waals surface area (Å²) >= 11 is 0. The third-order valence-corrected chi connectivity index (χ3v) is 2.73. The van der Waals surface area contributed by atoms with Crippen LogP contribution in [0.1, 0.15) is 11.3 Å². The van der Waals surface area contributed by atoms with E-state index in [0.29, 0.717) is 5.69 Å². The molecule has 1 aromatic heterocycles. The van der Waals surface area contributed by atoms with E-state index in [2.05, 4.69) is 4.98 Å². The molecule has 0 saturated heterocycles. The molecule has 0 atom stereocenters. The number of aromatic nitrogens is 1. The molecule has 0 amide bonds. The van der Waals surface area contributed by atoms with Gasteiger partial charge in [-0.3, -0.25) is 14.9 Å². The average Bonchev–Trinajstić information content (AvgIpc) is 2.37. The highest BCUT2D eigenvalue weighted by Gasteiger charge is 2.20. The van der Waals surface area contributed by atoms with Gasteiger partial charge < -0.3 is 4.98 Å². The third-order valence-electron chi connectivity index (χ3n) is 2.73. The summed E-state index contributed by atoms with van der Waals surface area (Å²) in [5.41, 5.74) is -0.957. The van der Waals surface area contributed by atoms with Crippen molar-refractivity contribution in [1.82, 2.24) is 4.98 Å². The van der Waals surface area contributed by atoms with E-state index >= 15 is 0 Å². The van der Waals surface area contributed by atoms with Crippen molar-refractivity contribution < 1.29 is 9.31 Å². The van der Waals surface area contributed by atoms with Crippen LogP contribution in [0.25, 0.3) is 11.1 Å². The van der Waals surface area contributed by atoms with Gasteiger partial charge in [0.2, 0.25) is 0 Å². The van der Waals surface area contributed by atoms with Gasteiger partial charge in [-0.1, -0.05) is 0 Å². The lowest BCUT2D eigenvalue weighted by Crippen LogP contribution is -2.13. The molecule has 0 aliphatic rings. The first kappa shape index (κ1) is 13.4. The maximum absolute atomic E-state index is 13.3. The first-order chi connectivity index (χ1) is 9.43. The molecule has 100 valence electrons. The molecule has 1 N–H and O–H groups in total. The van der Waals surface area contributed by atoms with E-state index in [4.69, 9.17) is 5.26 Å². The summed E-state index contributed by atoms with van der Waals surface area (Å²) in [5, 5.41) is 20.0. The van der Waals surface area contributed by atoms with Crippen LogP contribution in [0.5, 0.6) is 0 Å². The molecular weight excluding hydrogens is 265 g/mol. The number of hydrogen-bond donors (Lipinski definition) is 1. The molecular formula is C13H8FN3O3. The fraction of sp³-hybridized carbons (Fsp3) is 0.0769. The molecule has 2 rings (SSSR count). The largest absolute Gasteiger partial charge is 0.325 e. The summed E-state index contributed by atoms with van der Waals surface area (Å²) in [6.07, 6.45) is 0. The minimum absolute atomic E-state index is 0.0416. The quantitative estimate of drug-likeness (QED) is 0.670. The molecule has 0 unspecified atom stereocenters. The van der Waals surface area contributed by atoms with Crippen LogP contribution in [0, 0.1) is 34.2 Å². The number of nitriles is 1. The van der Waals surface area contributed by atoms with Crippen LogP contribution in [-0.2, 0) is 0 Å². The smallest absolute Gasteiger partial charge is 0.277 e. The molecule has 1 aromatic carbocycles. The van der Waals surface area contributed by atoms with Crippen molar-refractivity contribution in [2.75, 3.05) is 0 Å². The van der Waals surface area contributed by atoms with Crippen LogP contribution in [0.3, 0.4) is 0 Å². The van der Waals surface area contributed by atoms with Gasteiger partial charge in [0.1, 0.15) is 17.4 Å². The van der Waals surface area contributed by atoms with Crippen LogP contribution in [0.15, 0.2) is 29.1 Å². The number of H-pyrrole nitrogens is 1. The van der Waals surface area contributed by atoms with Crippen LogP contribution >= 0.6 is 0 Å². The number of hydrogen-bond acceptors (Lipinski definition) is 4. The van der Waals surface area contributed by atoms with Crippen LogP contribution in [0.2, 0.25) is 0 Å². The molecule has 6 nitrogen and oxygen atoms in total. The van der Waals surface area contributed by atoms with Crippen molar-refractivity contribution in [3.63, 3.8) is 0 Å². The number of nitrogens with zero attached hydrogens (tertiary/aromatic N) is 2. The van der Waals surface area contributed by atoms with E-state index in [0.717, 1.165) is 18.2 Å². The zero-order valence-corrected chi connectivity index (χ0v) is 10.3. The molecule has 0 aliphatic carbocycles. The van der Waals surface area contributed by atoms with E-state index in [-0.39, 0.29) is 22.4 Å². The number of rotatable bonds is 2. The van der Waals surface area contributed by atoms with E-state index in [1.807, 2.05) is 0 Å². The highest BCUT2D eigenvalue weighted by Crippen LogP contribution is 2.31. The van der Waals surface area contributed by atoms with E-state index in [1.54, 1.807) is 13.0 Å². The predicted octanol–water partition coefficient (Wildman–Crippen LogP) is 2.27. The zero-order valence-electron chi connectivity index (χ0n) is 10.3. The number of nitrogens with one attached hydrogen (secondary N) is 1. The van der Waals surface area contributed by atoms with Crippen molar-refractivity contribution in [2.24, 2.45) is 0 Å². The van der Waals surface area contributed by atoms with Gasteiger partial charge in [0.15, 0.2) is 0 Å². The molecule has 0 saturated carbocycles. The third kappa shape index (κ3) is 2.27. The Labute approximate surface area is 112 Å². The number of benzene rings is 1. The summed E-state index contributed by atoms with van der Waals surface area (Å²) in [6, 6.07) is 5.98. The van der Waals surface area contributed by atoms with E-state index < -0.39 is 16.3 Å². The Hall–Kier alpha value is -3.01. The molecule has 0 fully saturated rings. The Bertz CT molecular complexity index is 805. The fourth-order valence-electron chi connectivity index (χ4n) is 1.90. The minimum atomic E-state index is -0.688. The monoisotopic (exact) mass is 273 g/mol. The molecule has 2 aromatic rings. The Morgan fingerprint density at radius 2 is 2.05 bits per heavy atom. The van der Waals surface area contributed by atoms with Crippen LogP contribution in [0.4, 0.5) is 10.1 Å². The molecule has 0 aliphatic heterocycles. The van der Waals surface area contributed by atoms with Crippen molar-refractivity contribution >= 4 is 5.69 Å². The predicted molar refractivity (Wildman–Crippen MR) is 68.6 cm³/mol. The standard InChI is InChI=1S/C13H8FN3O3/c1-7-4-9(11(6-15)13(18)16-7)10-5-8(14)2-3-12(10)17(19)20/h2-5H,1H3,(H,16,18). The molecule has 0 radical (unpaired) electrons. The van der Waals surface area contributed by atoms with Gasteiger partial charge in [-0.2, -0.15) is 5.26 Å². The molecule has 0 bridgehead atoms. The first-order valence-electron chi connectivity index (χ1n) is 5.52. The molecule has 0 spiro atoms. The second-order valence-corrected chi connectivity index (χ2v) is 4.10. The number of aromatic amines is 1. The molecule has 7 heteroatoms. The van der Waals surface area contributed by atoms with Gasteiger partial charge in [0.05, 0.1) is 10.5 Å². The SMILES string of the molecule is Cc1cc(-c2cc(F)ccc2[N+](=O)[O-])c(C#N)c(=O)[nH]1. The van der Waals surface area contributed by atoms with Crippen LogP contribution in [-0.4, -0.2) is 9.91 Å². The number of nitro benzene ring substituents is 1. The van der Waals surface area contributed by atoms with Crippen molar-refractivity contribution in [2.45, 2.75) is 6.92 Å². The summed E-state index contributed by atoms with van der Waals surface area (Å²) in [4.78, 5) is 24.4. The lowest BCUT2D eigenvalue weighted by atomic mass is 9.99. The highest BCUT2D eigenvalue weighted by atomic mass is 19.1. The fourth-order valence-corrected chi connectivity index (χ4v) is 1.90. The van der Waals surface area contributed by atoms with Gasteiger partial charge in [-0.15, -0.1) is 0 Å².